The number of anilines is 1. The van der Waals surface area contributed by atoms with Crippen LogP contribution in [0.1, 0.15) is 29.8 Å². The Labute approximate surface area is 172 Å². The van der Waals surface area contributed by atoms with Crippen molar-refractivity contribution in [3.8, 4) is 6.07 Å². The van der Waals surface area contributed by atoms with Crippen molar-refractivity contribution < 1.29 is 19.0 Å². The number of fused-ring (bicyclic) bond motifs is 3. The molecule has 1 aromatic carbocycles. The van der Waals surface area contributed by atoms with Crippen molar-refractivity contribution >= 4 is 33.5 Å². The zero-order valence-electron chi connectivity index (χ0n) is 16.6. The summed E-state index contributed by atoms with van der Waals surface area (Å²) in [4.78, 5) is 20.5. The van der Waals surface area contributed by atoms with Gasteiger partial charge in [0.15, 0.2) is 0 Å². The molecule has 3 aromatic rings. The van der Waals surface area contributed by atoms with E-state index in [0.29, 0.717) is 35.5 Å². The van der Waals surface area contributed by atoms with E-state index in [2.05, 4.69) is 26.7 Å². The number of amides is 1. The molecule has 1 saturated heterocycles. The maximum Gasteiger partial charge on any atom is 0.255 e. The number of H-pyrrole nitrogens is 1. The van der Waals surface area contributed by atoms with Crippen molar-refractivity contribution in [2.75, 3.05) is 25.1 Å². The molecule has 3 heterocycles. The number of rotatable bonds is 6. The lowest BCUT2D eigenvalue weighted by molar-refractivity contribution is -0.00178. The largest absolute Gasteiger partial charge is 0.387 e. The van der Waals surface area contributed by atoms with Crippen LogP contribution in [0, 0.1) is 11.3 Å². The van der Waals surface area contributed by atoms with Gasteiger partial charge in [0, 0.05) is 17.1 Å². The van der Waals surface area contributed by atoms with Gasteiger partial charge < -0.3 is 25.5 Å². The van der Waals surface area contributed by atoms with Gasteiger partial charge in [0.25, 0.3) is 5.91 Å². The highest BCUT2D eigenvalue weighted by Crippen LogP contribution is 2.32. The predicted molar refractivity (Wildman–Crippen MR) is 110 cm³/mol. The summed E-state index contributed by atoms with van der Waals surface area (Å²) in [5, 5.41) is 25.6. The summed E-state index contributed by atoms with van der Waals surface area (Å²) in [6.45, 7) is 3.39. The van der Waals surface area contributed by atoms with Crippen molar-refractivity contribution in [3.63, 3.8) is 0 Å². The molecule has 0 radical (unpaired) electrons. The lowest BCUT2D eigenvalue weighted by Gasteiger charge is -2.29. The summed E-state index contributed by atoms with van der Waals surface area (Å²) in [7, 11) is 0. The van der Waals surface area contributed by atoms with E-state index in [4.69, 9.17) is 10.00 Å². The second-order valence-corrected chi connectivity index (χ2v) is 7.98. The molecule has 4 rings (SSSR count). The van der Waals surface area contributed by atoms with Crippen LogP contribution in [0.25, 0.3) is 21.9 Å². The summed E-state index contributed by atoms with van der Waals surface area (Å²) in [5.74, 6) is -0.504. The summed E-state index contributed by atoms with van der Waals surface area (Å²) in [5.41, 5.74) is 1.76. The fourth-order valence-electron chi connectivity index (χ4n) is 3.27. The van der Waals surface area contributed by atoms with Gasteiger partial charge in [0.1, 0.15) is 6.17 Å². The van der Waals surface area contributed by atoms with Crippen LogP contribution in [0.4, 0.5) is 10.1 Å². The number of hydrogen-bond donors (Lipinski definition) is 4. The number of hydrogen-bond acceptors (Lipinski definition) is 6. The zero-order chi connectivity index (χ0) is 21.5. The van der Waals surface area contributed by atoms with E-state index in [9.17, 15) is 14.3 Å². The molecule has 1 aliphatic heterocycles. The molecule has 0 aliphatic carbocycles. The molecule has 8 nitrogen and oxygen atoms in total. The molecule has 1 atom stereocenters. The Bertz CT molecular complexity index is 1160. The molecule has 0 bridgehead atoms. The molecular weight excluding hydrogens is 389 g/mol. The minimum Gasteiger partial charge on any atom is -0.387 e. The van der Waals surface area contributed by atoms with Crippen molar-refractivity contribution in [1.29, 1.82) is 5.26 Å². The molecule has 4 N–H and O–H groups in total. The molecule has 1 unspecified atom stereocenters. The number of nitrogens with one attached hydrogen (secondary N) is 3. The van der Waals surface area contributed by atoms with Crippen LogP contribution >= 0.6 is 0 Å². The van der Waals surface area contributed by atoms with E-state index in [1.165, 1.54) is 20.0 Å². The van der Waals surface area contributed by atoms with Crippen LogP contribution in [0.3, 0.4) is 0 Å². The molecule has 1 amide bonds. The quantitative estimate of drug-likeness (QED) is 0.493. The molecule has 1 fully saturated rings. The first-order valence-corrected chi connectivity index (χ1v) is 9.61. The number of nitrogens with zero attached hydrogens (tertiary/aromatic N) is 2. The number of ether oxygens (including phenoxy) is 1. The Morgan fingerprint density at radius 2 is 2.27 bits per heavy atom. The average molecular weight is 411 g/mol. The van der Waals surface area contributed by atoms with Crippen LogP contribution in [-0.2, 0) is 4.74 Å². The fourth-order valence-corrected chi connectivity index (χ4v) is 3.27. The topological polar surface area (TPSA) is 123 Å². The number of benzene rings is 1. The monoisotopic (exact) mass is 411 g/mol. The van der Waals surface area contributed by atoms with Gasteiger partial charge in [-0.2, -0.15) is 5.26 Å². The van der Waals surface area contributed by atoms with E-state index < -0.39 is 17.7 Å². The maximum absolute atomic E-state index is 14.1. The first-order chi connectivity index (χ1) is 14.3. The highest BCUT2D eigenvalue weighted by molar-refractivity contribution is 6.14. The third-order valence-electron chi connectivity index (χ3n) is 5.18. The van der Waals surface area contributed by atoms with Gasteiger partial charge in [-0.05, 0) is 32.0 Å². The first-order valence-electron chi connectivity index (χ1n) is 9.61. The molecular formula is C21H22FN5O3. The minimum absolute atomic E-state index is 0.0357. The Morgan fingerprint density at radius 1 is 1.50 bits per heavy atom. The van der Waals surface area contributed by atoms with Gasteiger partial charge in [-0.1, -0.05) is 0 Å². The normalized spacial score (nSPS) is 15.6. The number of pyridine rings is 1. The van der Waals surface area contributed by atoms with E-state index in [0.717, 1.165) is 10.9 Å². The smallest absolute Gasteiger partial charge is 0.255 e. The summed E-state index contributed by atoms with van der Waals surface area (Å²) < 4.78 is 19.3. The molecule has 1 aliphatic rings. The number of alkyl halides is 1. The second-order valence-electron chi connectivity index (χ2n) is 7.98. The van der Waals surface area contributed by atoms with Gasteiger partial charge in [0.05, 0.1) is 65.3 Å². The van der Waals surface area contributed by atoms with Crippen molar-refractivity contribution in [2.24, 2.45) is 0 Å². The number of aromatic amines is 1. The Hall–Kier alpha value is -3.22. The Morgan fingerprint density at radius 3 is 2.90 bits per heavy atom. The Kier molecular flexibility index (Phi) is 5.05. The summed E-state index contributed by atoms with van der Waals surface area (Å²) >= 11 is 0. The van der Waals surface area contributed by atoms with Gasteiger partial charge in [-0.25, -0.2) is 4.39 Å². The lowest BCUT2D eigenvalue weighted by atomic mass is 10.0. The van der Waals surface area contributed by atoms with E-state index >= 15 is 0 Å². The number of aliphatic hydroxyl groups is 1. The van der Waals surface area contributed by atoms with Crippen molar-refractivity contribution in [1.82, 2.24) is 15.3 Å². The average Bonchev–Trinajstić information content (AvgIpc) is 3.05. The maximum atomic E-state index is 14.1. The van der Waals surface area contributed by atoms with E-state index in [1.807, 2.05) is 6.07 Å². The number of nitriles is 1. The third kappa shape index (κ3) is 3.67. The van der Waals surface area contributed by atoms with Crippen LogP contribution in [0.15, 0.2) is 24.4 Å². The molecule has 0 spiro atoms. The van der Waals surface area contributed by atoms with Gasteiger partial charge in [0.2, 0.25) is 0 Å². The zero-order valence-corrected chi connectivity index (χ0v) is 16.6. The minimum atomic E-state index is -1.62. The van der Waals surface area contributed by atoms with E-state index in [-0.39, 0.29) is 18.2 Å². The van der Waals surface area contributed by atoms with Crippen LogP contribution in [0.5, 0.6) is 0 Å². The molecule has 30 heavy (non-hydrogen) atoms. The van der Waals surface area contributed by atoms with Gasteiger partial charge in [-0.3, -0.25) is 9.78 Å². The Balaban J connectivity index is 1.74. The number of carbonyl (C=O) groups is 1. The molecule has 9 heteroatoms. The van der Waals surface area contributed by atoms with Crippen molar-refractivity contribution in [2.45, 2.75) is 31.7 Å². The van der Waals surface area contributed by atoms with Crippen molar-refractivity contribution in [3.05, 3.63) is 35.5 Å². The standard InChI is InChI=1S/C21H22FN5O3/c1-21(2,29)16(22)8-25-20(28)14-7-24-17-13-4-3-11(6-23)5-15(13)27-19(17)18(14)26-12-9-30-10-12/h3-5,7,12,16,27,29H,8-10H2,1-2H3,(H,24,26)(H,25,28). The second kappa shape index (κ2) is 7.55. The first kappa shape index (κ1) is 20.1. The van der Waals surface area contributed by atoms with Crippen LogP contribution < -0.4 is 10.6 Å². The summed E-state index contributed by atoms with van der Waals surface area (Å²) in [6, 6.07) is 7.39. The van der Waals surface area contributed by atoms with Crippen LogP contribution in [0.2, 0.25) is 0 Å². The van der Waals surface area contributed by atoms with E-state index in [1.54, 1.807) is 12.1 Å². The predicted octanol–water partition coefficient (Wildman–Crippen LogP) is 2.24. The highest BCUT2D eigenvalue weighted by atomic mass is 19.1. The molecule has 2 aromatic heterocycles. The van der Waals surface area contributed by atoms with Crippen LogP contribution in [-0.4, -0.2) is 58.6 Å². The number of halogens is 1. The molecule has 0 saturated carbocycles. The number of carbonyl (C=O) groups excluding carboxylic acids is 1. The highest BCUT2D eigenvalue weighted by Gasteiger charge is 2.28. The summed E-state index contributed by atoms with van der Waals surface area (Å²) in [6.07, 6.45) is -0.172. The third-order valence-corrected chi connectivity index (χ3v) is 5.18. The lowest BCUT2D eigenvalue weighted by Crippen LogP contribution is -2.43. The number of aromatic nitrogens is 2. The molecule has 156 valence electrons. The fraction of sp³-hybridized carbons (Fsp3) is 0.381. The van der Waals surface area contributed by atoms with Gasteiger partial charge in [-0.15, -0.1) is 0 Å². The van der Waals surface area contributed by atoms with Gasteiger partial charge >= 0.3 is 0 Å². The SMILES string of the molecule is CC(C)(O)C(F)CNC(=O)c1cnc2c([nH]c3cc(C#N)ccc32)c1NC1COC1.